The summed E-state index contributed by atoms with van der Waals surface area (Å²) in [6, 6.07) is 0. The quantitative estimate of drug-likeness (QED) is 0.355. The minimum absolute atomic E-state index is 0. The predicted octanol–water partition coefficient (Wildman–Crippen LogP) is -0.368. The van der Waals surface area contributed by atoms with Gasteiger partial charge in [0.05, 0.1) is 7.11 Å². The van der Waals surface area contributed by atoms with Crippen molar-refractivity contribution in [1.82, 2.24) is 0 Å². The molecule has 0 aliphatic rings. The van der Waals surface area contributed by atoms with E-state index in [1.54, 1.807) is 0 Å². The number of methoxy groups -OCH3 is 1. The first-order chi connectivity index (χ1) is 3.66. The molecule has 0 aliphatic heterocycles. The Labute approximate surface area is 62.1 Å². The Balaban J connectivity index is 0. The van der Waals surface area contributed by atoms with Crippen LogP contribution in [0, 0.1) is 0 Å². The molecule has 0 saturated heterocycles. The van der Waals surface area contributed by atoms with E-state index in [0.717, 1.165) is 7.11 Å². The van der Waals surface area contributed by atoms with Gasteiger partial charge in [-0.2, -0.15) is 0 Å². The number of ether oxygens (including phenoxy) is 1. The maximum absolute atomic E-state index is 10.0. The van der Waals surface area contributed by atoms with E-state index in [-0.39, 0.29) is 16.5 Å². The van der Waals surface area contributed by atoms with Gasteiger partial charge in [0.1, 0.15) is 6.42 Å². The first-order valence-electron chi connectivity index (χ1n) is 1.95. The van der Waals surface area contributed by atoms with Crippen molar-refractivity contribution >= 4 is 11.9 Å². The van der Waals surface area contributed by atoms with Crippen LogP contribution in [0.5, 0.6) is 0 Å². The number of carbonyl (C=O) groups is 2. The molecule has 0 bridgehead atoms. The van der Waals surface area contributed by atoms with Gasteiger partial charge in [-0.3, -0.25) is 9.59 Å². The van der Waals surface area contributed by atoms with E-state index in [0.29, 0.717) is 0 Å². The number of carboxylic acids is 1. The van der Waals surface area contributed by atoms with Gasteiger partial charge in [0.15, 0.2) is 0 Å². The molecule has 0 saturated carbocycles. The minimum Gasteiger partial charge on any atom is -0.481 e. The van der Waals surface area contributed by atoms with Crippen LogP contribution in [-0.2, 0) is 30.8 Å². The van der Waals surface area contributed by atoms with Gasteiger partial charge in [0.2, 0.25) is 0 Å². The van der Waals surface area contributed by atoms with Crippen molar-refractivity contribution in [2.45, 2.75) is 6.42 Å². The summed E-state index contributed by atoms with van der Waals surface area (Å²) in [4.78, 5) is 19.7. The fraction of sp³-hybridized carbons (Fsp3) is 0.500. The van der Waals surface area contributed by atoms with Gasteiger partial charge in [-0.05, 0) is 0 Å². The fourth-order valence-electron chi connectivity index (χ4n) is 0.196. The molecule has 0 aromatic carbocycles. The van der Waals surface area contributed by atoms with Gasteiger partial charge < -0.3 is 9.84 Å². The molecule has 0 unspecified atom stereocenters. The summed E-state index contributed by atoms with van der Waals surface area (Å²) < 4.78 is 4.04. The topological polar surface area (TPSA) is 63.6 Å². The SMILES string of the molecule is COC(=O)CC(=O)O.[Ni]. The first kappa shape index (κ1) is 11.3. The van der Waals surface area contributed by atoms with Crippen molar-refractivity contribution in [3.63, 3.8) is 0 Å². The van der Waals surface area contributed by atoms with Crippen molar-refractivity contribution in [2.75, 3.05) is 7.11 Å². The zero-order chi connectivity index (χ0) is 6.57. The molecule has 0 amide bonds. The second-order valence-corrected chi connectivity index (χ2v) is 1.15. The maximum atomic E-state index is 10.0. The second-order valence-electron chi connectivity index (χ2n) is 1.15. The molecule has 0 aromatic heterocycles. The molecule has 56 valence electrons. The molecule has 0 fully saturated rings. The van der Waals surface area contributed by atoms with E-state index >= 15 is 0 Å². The fourth-order valence-corrected chi connectivity index (χ4v) is 0.196. The summed E-state index contributed by atoms with van der Waals surface area (Å²) in [7, 11) is 1.14. The van der Waals surface area contributed by atoms with Gasteiger partial charge in [-0.1, -0.05) is 0 Å². The Kier molecular flexibility index (Phi) is 6.97. The van der Waals surface area contributed by atoms with Crippen molar-refractivity contribution in [2.24, 2.45) is 0 Å². The number of carbonyl (C=O) groups excluding carboxylic acids is 1. The van der Waals surface area contributed by atoms with Crippen molar-refractivity contribution in [1.29, 1.82) is 0 Å². The Morgan fingerprint density at radius 2 is 2.00 bits per heavy atom. The molecule has 0 spiro atoms. The minimum atomic E-state index is -1.17. The summed E-state index contributed by atoms with van der Waals surface area (Å²) in [6.07, 6.45) is -0.559. The van der Waals surface area contributed by atoms with E-state index in [9.17, 15) is 9.59 Å². The maximum Gasteiger partial charge on any atom is 0.316 e. The first-order valence-corrected chi connectivity index (χ1v) is 1.95. The van der Waals surface area contributed by atoms with Crippen LogP contribution in [0.4, 0.5) is 0 Å². The number of hydrogen-bond acceptors (Lipinski definition) is 3. The number of esters is 1. The van der Waals surface area contributed by atoms with E-state index in [4.69, 9.17) is 5.11 Å². The van der Waals surface area contributed by atoms with Crippen LogP contribution in [0.3, 0.4) is 0 Å². The number of carboxylic acid groups (broad SMARTS) is 1. The van der Waals surface area contributed by atoms with Gasteiger partial charge in [-0.15, -0.1) is 0 Å². The third-order valence-corrected chi connectivity index (χ3v) is 0.523. The van der Waals surface area contributed by atoms with Gasteiger partial charge in [-0.25, -0.2) is 0 Å². The molecule has 4 nitrogen and oxygen atoms in total. The van der Waals surface area contributed by atoms with Crippen molar-refractivity contribution < 1.29 is 35.9 Å². The third kappa shape index (κ3) is 7.43. The molecule has 9 heavy (non-hydrogen) atoms. The molecule has 0 aliphatic carbocycles. The third-order valence-electron chi connectivity index (χ3n) is 0.523. The Bertz CT molecular complexity index is 111. The van der Waals surface area contributed by atoms with Crippen LogP contribution in [0.1, 0.15) is 6.42 Å². The second kappa shape index (κ2) is 5.57. The average Bonchev–Trinajstić information content (AvgIpc) is 1.65. The molecule has 0 heterocycles. The Hall–Kier alpha value is -0.566. The van der Waals surface area contributed by atoms with Crippen LogP contribution in [0.15, 0.2) is 0 Å². The molecule has 1 N–H and O–H groups in total. The van der Waals surface area contributed by atoms with Crippen LogP contribution in [-0.4, -0.2) is 24.2 Å². The standard InChI is InChI=1S/C4H6O4.Ni/c1-8-4(7)2-3(5)6;/h2H2,1H3,(H,5,6);. The smallest absolute Gasteiger partial charge is 0.316 e. The molecule has 0 radical (unpaired) electrons. The van der Waals surface area contributed by atoms with E-state index in [1.807, 2.05) is 0 Å². The van der Waals surface area contributed by atoms with Crippen LogP contribution < -0.4 is 0 Å². The summed E-state index contributed by atoms with van der Waals surface area (Å²) in [5.74, 6) is -1.89. The summed E-state index contributed by atoms with van der Waals surface area (Å²) in [5.41, 5.74) is 0. The number of rotatable bonds is 2. The van der Waals surface area contributed by atoms with Crippen LogP contribution in [0.2, 0.25) is 0 Å². The molecule has 0 aromatic rings. The normalized spacial score (nSPS) is 7.22. The molecular weight excluding hydrogens is 171 g/mol. The summed E-state index contributed by atoms with van der Waals surface area (Å²) in [5, 5.41) is 7.91. The summed E-state index contributed by atoms with van der Waals surface area (Å²) >= 11 is 0. The zero-order valence-corrected chi connectivity index (χ0v) is 5.68. The van der Waals surface area contributed by atoms with E-state index < -0.39 is 18.4 Å². The predicted molar refractivity (Wildman–Crippen MR) is 24.3 cm³/mol. The van der Waals surface area contributed by atoms with E-state index in [1.165, 1.54) is 0 Å². The monoisotopic (exact) mass is 176 g/mol. The number of hydrogen-bond donors (Lipinski definition) is 1. The molecule has 0 rings (SSSR count). The largest absolute Gasteiger partial charge is 0.481 e. The van der Waals surface area contributed by atoms with Crippen LogP contribution in [0.25, 0.3) is 0 Å². The van der Waals surface area contributed by atoms with Gasteiger partial charge in [0, 0.05) is 16.5 Å². The zero-order valence-electron chi connectivity index (χ0n) is 4.70. The van der Waals surface area contributed by atoms with Crippen LogP contribution >= 0.6 is 0 Å². The van der Waals surface area contributed by atoms with E-state index in [2.05, 4.69) is 4.74 Å². The Morgan fingerprint density at radius 3 is 2.11 bits per heavy atom. The summed E-state index contributed by atoms with van der Waals surface area (Å²) in [6.45, 7) is 0. The van der Waals surface area contributed by atoms with Crippen molar-refractivity contribution in [3.05, 3.63) is 0 Å². The molecule has 0 atom stereocenters. The van der Waals surface area contributed by atoms with Crippen molar-refractivity contribution in [3.8, 4) is 0 Å². The number of aliphatic carboxylic acids is 1. The Morgan fingerprint density at radius 1 is 1.56 bits per heavy atom. The molecular formula is C4H6NiO4. The average molecular weight is 177 g/mol. The van der Waals surface area contributed by atoms with Gasteiger partial charge >= 0.3 is 11.9 Å². The molecule has 5 heteroatoms. The van der Waals surface area contributed by atoms with Gasteiger partial charge in [0.25, 0.3) is 0 Å².